The Hall–Kier alpha value is -2.14. The highest BCUT2D eigenvalue weighted by molar-refractivity contribution is 5.88. The van der Waals surface area contributed by atoms with Crippen molar-refractivity contribution in [1.82, 2.24) is 14.5 Å². The fraction of sp³-hybridized carbons (Fsp3) is 0.524. The molecule has 5 heteroatoms. The number of imidazole rings is 1. The summed E-state index contributed by atoms with van der Waals surface area (Å²) >= 11 is 0. The Morgan fingerprint density at radius 2 is 1.96 bits per heavy atom. The topological polar surface area (TPSA) is 47.4 Å². The standard InChI is InChI=1S/C21H27N3O2/c1-16-14-23(2)19(22-16)18-15-24(12-13-26-18)20(25)21(10-6-7-11-21)17-8-4-3-5-9-17/h3-5,8-9,14,18H,6-7,10-13,15H2,1-2H3. The molecule has 1 aromatic carbocycles. The number of hydrogen-bond acceptors (Lipinski definition) is 3. The Balaban J connectivity index is 1.59. The van der Waals surface area contributed by atoms with E-state index < -0.39 is 0 Å². The highest BCUT2D eigenvalue weighted by atomic mass is 16.5. The Morgan fingerprint density at radius 3 is 2.62 bits per heavy atom. The number of morpholine rings is 1. The molecule has 1 unspecified atom stereocenters. The van der Waals surface area contributed by atoms with E-state index in [0.29, 0.717) is 19.7 Å². The maximum absolute atomic E-state index is 13.6. The van der Waals surface area contributed by atoms with Crippen LogP contribution >= 0.6 is 0 Å². The first-order valence-electron chi connectivity index (χ1n) is 9.56. The van der Waals surface area contributed by atoms with Crippen LogP contribution < -0.4 is 0 Å². The third-order valence-electron chi connectivity index (χ3n) is 5.87. The first-order chi connectivity index (χ1) is 12.6. The zero-order chi connectivity index (χ0) is 18.1. The molecule has 1 amide bonds. The number of rotatable bonds is 3. The van der Waals surface area contributed by atoms with Gasteiger partial charge in [0.2, 0.25) is 5.91 Å². The van der Waals surface area contributed by atoms with Crippen molar-refractivity contribution in [2.75, 3.05) is 19.7 Å². The molecule has 2 heterocycles. The van der Waals surface area contributed by atoms with Crippen LogP contribution in [0.5, 0.6) is 0 Å². The molecule has 1 saturated carbocycles. The first kappa shape index (κ1) is 17.3. The van der Waals surface area contributed by atoms with Crippen molar-refractivity contribution in [2.45, 2.75) is 44.1 Å². The highest BCUT2D eigenvalue weighted by Gasteiger charge is 2.46. The average Bonchev–Trinajstić information content (AvgIpc) is 3.29. The smallest absolute Gasteiger partial charge is 0.233 e. The lowest BCUT2D eigenvalue weighted by atomic mass is 9.77. The van der Waals surface area contributed by atoms with Gasteiger partial charge in [-0.1, -0.05) is 43.2 Å². The number of amides is 1. The van der Waals surface area contributed by atoms with E-state index in [1.165, 1.54) is 5.56 Å². The summed E-state index contributed by atoms with van der Waals surface area (Å²) in [6, 6.07) is 10.3. The van der Waals surface area contributed by atoms with Crippen molar-refractivity contribution in [3.8, 4) is 0 Å². The SMILES string of the molecule is Cc1cn(C)c(C2CN(C(=O)C3(c4ccccc4)CCCC3)CCO2)n1. The maximum atomic E-state index is 13.6. The Bertz CT molecular complexity index is 778. The molecule has 0 spiro atoms. The highest BCUT2D eigenvalue weighted by Crippen LogP contribution is 2.43. The summed E-state index contributed by atoms with van der Waals surface area (Å²) in [6.07, 6.45) is 5.97. The molecule has 1 aliphatic heterocycles. The second-order valence-corrected chi connectivity index (χ2v) is 7.62. The number of aromatic nitrogens is 2. The summed E-state index contributed by atoms with van der Waals surface area (Å²) < 4.78 is 7.97. The van der Waals surface area contributed by atoms with E-state index >= 15 is 0 Å². The van der Waals surface area contributed by atoms with Crippen molar-refractivity contribution < 1.29 is 9.53 Å². The van der Waals surface area contributed by atoms with Gasteiger partial charge in [0.1, 0.15) is 11.9 Å². The predicted octanol–water partition coefficient (Wildman–Crippen LogP) is 3.14. The normalized spacial score (nSPS) is 22.5. The van der Waals surface area contributed by atoms with E-state index in [9.17, 15) is 4.79 Å². The molecule has 0 bridgehead atoms. The van der Waals surface area contributed by atoms with Gasteiger partial charge >= 0.3 is 0 Å². The monoisotopic (exact) mass is 353 g/mol. The van der Waals surface area contributed by atoms with Crippen LogP contribution in [0.4, 0.5) is 0 Å². The lowest BCUT2D eigenvalue weighted by Crippen LogP contribution is -2.50. The van der Waals surface area contributed by atoms with Crippen molar-refractivity contribution in [3.05, 3.63) is 53.6 Å². The zero-order valence-electron chi connectivity index (χ0n) is 15.6. The number of carbonyl (C=O) groups is 1. The maximum Gasteiger partial charge on any atom is 0.233 e. The van der Waals surface area contributed by atoms with Gasteiger partial charge in [0.05, 0.1) is 24.3 Å². The molecule has 2 aliphatic rings. The zero-order valence-corrected chi connectivity index (χ0v) is 15.6. The van der Waals surface area contributed by atoms with Gasteiger partial charge in [-0.25, -0.2) is 4.98 Å². The van der Waals surface area contributed by atoms with E-state index in [-0.39, 0.29) is 17.4 Å². The van der Waals surface area contributed by atoms with E-state index in [0.717, 1.165) is 37.2 Å². The summed E-state index contributed by atoms with van der Waals surface area (Å²) in [5, 5.41) is 0. The predicted molar refractivity (Wildman–Crippen MR) is 99.8 cm³/mol. The molecule has 138 valence electrons. The molecule has 26 heavy (non-hydrogen) atoms. The fourth-order valence-electron chi connectivity index (χ4n) is 4.59. The minimum absolute atomic E-state index is 0.152. The second kappa shape index (κ2) is 6.88. The van der Waals surface area contributed by atoms with Crippen molar-refractivity contribution >= 4 is 5.91 Å². The van der Waals surface area contributed by atoms with Gasteiger partial charge in [0.25, 0.3) is 0 Å². The van der Waals surface area contributed by atoms with Gasteiger partial charge < -0.3 is 14.2 Å². The van der Waals surface area contributed by atoms with E-state index in [4.69, 9.17) is 4.74 Å². The first-order valence-corrected chi connectivity index (χ1v) is 9.56. The largest absolute Gasteiger partial charge is 0.367 e. The quantitative estimate of drug-likeness (QED) is 0.852. The third kappa shape index (κ3) is 2.94. The summed E-state index contributed by atoms with van der Waals surface area (Å²) in [4.78, 5) is 20.2. The van der Waals surface area contributed by atoms with Crippen molar-refractivity contribution in [1.29, 1.82) is 0 Å². The van der Waals surface area contributed by atoms with Crippen molar-refractivity contribution in [3.63, 3.8) is 0 Å². The average molecular weight is 353 g/mol. The van der Waals surface area contributed by atoms with Gasteiger partial charge in [0, 0.05) is 19.8 Å². The minimum Gasteiger partial charge on any atom is -0.367 e. The molecule has 1 saturated heterocycles. The molecule has 1 atom stereocenters. The van der Waals surface area contributed by atoms with Gasteiger partial charge in [-0.15, -0.1) is 0 Å². The molecule has 0 radical (unpaired) electrons. The summed E-state index contributed by atoms with van der Waals surface area (Å²) in [7, 11) is 1.99. The van der Waals surface area contributed by atoms with Crippen LogP contribution in [0.2, 0.25) is 0 Å². The lowest BCUT2D eigenvalue weighted by Gasteiger charge is -2.39. The summed E-state index contributed by atoms with van der Waals surface area (Å²) in [6.45, 7) is 3.79. The summed E-state index contributed by atoms with van der Waals surface area (Å²) in [5.41, 5.74) is 1.78. The molecule has 5 nitrogen and oxygen atoms in total. The van der Waals surface area contributed by atoms with Gasteiger partial charge in [0.15, 0.2) is 0 Å². The van der Waals surface area contributed by atoms with E-state index in [1.807, 2.05) is 47.8 Å². The van der Waals surface area contributed by atoms with Crippen LogP contribution in [0.1, 0.15) is 48.9 Å². The number of benzene rings is 1. The summed E-state index contributed by atoms with van der Waals surface area (Å²) in [5.74, 6) is 1.17. The third-order valence-corrected chi connectivity index (χ3v) is 5.87. The fourth-order valence-corrected chi connectivity index (χ4v) is 4.59. The van der Waals surface area contributed by atoms with Crippen LogP contribution in [0.3, 0.4) is 0 Å². The Labute approximate surface area is 155 Å². The molecule has 1 aromatic heterocycles. The molecule has 2 fully saturated rings. The number of aryl methyl sites for hydroxylation is 2. The van der Waals surface area contributed by atoms with Crippen LogP contribution in [0, 0.1) is 6.92 Å². The number of ether oxygens (including phenoxy) is 1. The van der Waals surface area contributed by atoms with Crippen molar-refractivity contribution in [2.24, 2.45) is 7.05 Å². The minimum atomic E-state index is -0.360. The Kier molecular flexibility index (Phi) is 4.57. The number of nitrogens with zero attached hydrogens (tertiary/aromatic N) is 3. The van der Waals surface area contributed by atoms with Crippen LogP contribution in [-0.2, 0) is 22.0 Å². The van der Waals surface area contributed by atoms with Crippen LogP contribution in [-0.4, -0.2) is 40.1 Å². The number of carbonyl (C=O) groups excluding carboxylic acids is 1. The lowest BCUT2D eigenvalue weighted by molar-refractivity contribution is -0.145. The second-order valence-electron chi connectivity index (χ2n) is 7.62. The molecular weight excluding hydrogens is 326 g/mol. The van der Waals surface area contributed by atoms with Gasteiger partial charge in [-0.05, 0) is 25.3 Å². The molecule has 1 aliphatic carbocycles. The van der Waals surface area contributed by atoms with Crippen LogP contribution in [0.15, 0.2) is 36.5 Å². The number of hydrogen-bond donors (Lipinski definition) is 0. The molecule has 2 aromatic rings. The van der Waals surface area contributed by atoms with Gasteiger partial charge in [-0.3, -0.25) is 4.79 Å². The van der Waals surface area contributed by atoms with Gasteiger partial charge in [-0.2, -0.15) is 0 Å². The Morgan fingerprint density at radius 1 is 1.23 bits per heavy atom. The van der Waals surface area contributed by atoms with Crippen LogP contribution in [0.25, 0.3) is 0 Å². The molecule has 0 N–H and O–H groups in total. The van der Waals surface area contributed by atoms with E-state index in [1.54, 1.807) is 0 Å². The molecular formula is C21H27N3O2. The van der Waals surface area contributed by atoms with E-state index in [2.05, 4.69) is 17.1 Å². The molecule has 4 rings (SSSR count).